The van der Waals surface area contributed by atoms with Crippen LogP contribution >= 0.6 is 0 Å². The largest absolute Gasteiger partial charge is 0.505 e. The molecule has 2 N–H and O–H groups in total. The highest BCUT2D eigenvalue weighted by molar-refractivity contribution is 6.01. The molecule has 0 bridgehead atoms. The average molecular weight is 598 g/mol. The number of hydrogen-bond donors (Lipinski definition) is 2. The number of amides is 2. The van der Waals surface area contributed by atoms with Crippen molar-refractivity contribution in [2.75, 3.05) is 37.6 Å². The van der Waals surface area contributed by atoms with Gasteiger partial charge in [-0.1, -0.05) is 24.3 Å². The molecule has 2 aliphatic rings. The molecule has 44 heavy (non-hydrogen) atoms. The van der Waals surface area contributed by atoms with Gasteiger partial charge in [0.05, 0.1) is 12.1 Å². The lowest BCUT2D eigenvalue weighted by Gasteiger charge is -2.19. The number of pyridine rings is 2. The smallest absolute Gasteiger partial charge is 0.268 e. The summed E-state index contributed by atoms with van der Waals surface area (Å²) in [4.78, 5) is 47.7. The van der Waals surface area contributed by atoms with Crippen LogP contribution in [0.1, 0.15) is 59.2 Å². The van der Waals surface area contributed by atoms with Gasteiger partial charge < -0.3 is 24.8 Å². The molecule has 9 nitrogen and oxygen atoms in total. The van der Waals surface area contributed by atoms with Crippen LogP contribution in [0.4, 0.5) is 10.1 Å². The van der Waals surface area contributed by atoms with E-state index in [4.69, 9.17) is 0 Å². The number of likely N-dealkylation sites (tertiary alicyclic amines) is 1. The Bertz CT molecular complexity index is 1730. The first kappa shape index (κ1) is 29.3. The predicted octanol–water partition coefficient (Wildman–Crippen LogP) is 4.22. The minimum Gasteiger partial charge on any atom is -0.505 e. The Hall–Kier alpha value is -4.73. The Morgan fingerprint density at radius 2 is 1.66 bits per heavy atom. The highest BCUT2D eigenvalue weighted by Crippen LogP contribution is 2.27. The Labute approximate surface area is 254 Å². The lowest BCUT2D eigenvalue weighted by Crippen LogP contribution is -2.35. The summed E-state index contributed by atoms with van der Waals surface area (Å²) < 4.78 is 14.9. The zero-order valence-electron chi connectivity index (χ0n) is 24.6. The minimum atomic E-state index is -0.683. The fourth-order valence-electron chi connectivity index (χ4n) is 6.11. The van der Waals surface area contributed by atoms with Crippen molar-refractivity contribution in [1.82, 2.24) is 19.8 Å². The highest BCUT2D eigenvalue weighted by Gasteiger charge is 2.24. The summed E-state index contributed by atoms with van der Waals surface area (Å²) in [7, 11) is 0. The Kier molecular flexibility index (Phi) is 8.58. The van der Waals surface area contributed by atoms with E-state index in [1.807, 2.05) is 24.3 Å². The van der Waals surface area contributed by atoms with Gasteiger partial charge in [0.1, 0.15) is 16.9 Å². The van der Waals surface area contributed by atoms with E-state index in [0.717, 1.165) is 48.4 Å². The van der Waals surface area contributed by atoms with Crippen molar-refractivity contribution in [2.24, 2.45) is 0 Å². The average Bonchev–Trinajstić information content (AvgIpc) is 3.71. The van der Waals surface area contributed by atoms with Crippen molar-refractivity contribution in [2.45, 2.75) is 45.1 Å². The van der Waals surface area contributed by atoms with Crippen molar-refractivity contribution < 1.29 is 19.1 Å². The van der Waals surface area contributed by atoms with Crippen LogP contribution in [0, 0.1) is 5.82 Å². The molecule has 0 unspecified atom stereocenters. The van der Waals surface area contributed by atoms with Crippen molar-refractivity contribution in [3.8, 4) is 5.75 Å². The van der Waals surface area contributed by atoms with Crippen LogP contribution in [0.3, 0.4) is 0 Å². The van der Waals surface area contributed by atoms with Crippen molar-refractivity contribution in [3.63, 3.8) is 0 Å². The number of hydrogen-bond acceptors (Lipinski definition) is 6. The number of nitrogens with zero attached hydrogens (tertiary/aromatic N) is 4. The number of carbonyl (C=O) groups is 2. The van der Waals surface area contributed by atoms with Gasteiger partial charge >= 0.3 is 0 Å². The van der Waals surface area contributed by atoms with E-state index in [-0.39, 0.29) is 35.9 Å². The summed E-state index contributed by atoms with van der Waals surface area (Å²) in [5, 5.41) is 13.9. The van der Waals surface area contributed by atoms with Crippen molar-refractivity contribution >= 4 is 28.5 Å². The molecule has 0 saturated carbocycles. The lowest BCUT2D eigenvalue weighted by atomic mass is 10.0. The van der Waals surface area contributed by atoms with Gasteiger partial charge in [-0.15, -0.1) is 0 Å². The van der Waals surface area contributed by atoms with Crippen LogP contribution in [0.2, 0.25) is 0 Å². The highest BCUT2D eigenvalue weighted by atomic mass is 19.1. The number of anilines is 1. The molecule has 4 heterocycles. The summed E-state index contributed by atoms with van der Waals surface area (Å²) in [6.45, 7) is 3.72. The zero-order valence-corrected chi connectivity index (χ0v) is 24.6. The number of aromatic nitrogens is 2. The van der Waals surface area contributed by atoms with Gasteiger partial charge in [0.15, 0.2) is 5.75 Å². The first-order chi connectivity index (χ1) is 21.4. The zero-order chi connectivity index (χ0) is 30.6. The fraction of sp³-hybridized carbons (Fsp3) is 0.353. The normalized spacial score (nSPS) is 15.0. The Morgan fingerprint density at radius 3 is 2.36 bits per heavy atom. The molecule has 2 amide bonds. The van der Waals surface area contributed by atoms with Crippen LogP contribution in [-0.2, 0) is 17.8 Å². The summed E-state index contributed by atoms with van der Waals surface area (Å²) >= 11 is 0. The molecule has 2 aromatic heterocycles. The van der Waals surface area contributed by atoms with Crippen LogP contribution in [0.5, 0.6) is 5.75 Å². The SMILES string of the molecule is O=C(NCCCN1CCCC1=O)c1c(O)c2ncc(Cc3ccc(F)cc3)cc2n(Cc2ccc(N3CCCC3)cc2)c1=O. The van der Waals surface area contributed by atoms with Crippen LogP contribution in [-0.4, -0.2) is 64.1 Å². The Morgan fingerprint density at radius 1 is 0.932 bits per heavy atom. The van der Waals surface area contributed by atoms with E-state index < -0.39 is 17.2 Å². The maximum Gasteiger partial charge on any atom is 0.268 e. The quantitative estimate of drug-likeness (QED) is 0.265. The molecule has 0 atom stereocenters. The fourth-order valence-corrected chi connectivity index (χ4v) is 6.11. The number of nitrogens with one attached hydrogen (secondary N) is 1. The third-order valence-corrected chi connectivity index (χ3v) is 8.49. The second kappa shape index (κ2) is 12.9. The van der Waals surface area contributed by atoms with Gasteiger partial charge in [0, 0.05) is 51.0 Å². The van der Waals surface area contributed by atoms with Gasteiger partial charge in [-0.05, 0) is 79.1 Å². The van der Waals surface area contributed by atoms with Gasteiger partial charge in [-0.2, -0.15) is 0 Å². The first-order valence-corrected chi connectivity index (χ1v) is 15.3. The second-order valence-corrected chi connectivity index (χ2v) is 11.6. The molecular weight excluding hydrogens is 561 g/mol. The maximum absolute atomic E-state index is 13.9. The van der Waals surface area contributed by atoms with E-state index in [1.54, 1.807) is 29.3 Å². The number of halogens is 1. The molecule has 2 aliphatic heterocycles. The monoisotopic (exact) mass is 597 g/mol. The molecule has 10 heteroatoms. The van der Waals surface area contributed by atoms with Crippen molar-refractivity contribution in [3.05, 3.63) is 99.2 Å². The van der Waals surface area contributed by atoms with E-state index >= 15 is 0 Å². The molecule has 0 aliphatic carbocycles. The van der Waals surface area contributed by atoms with Crippen LogP contribution in [0.15, 0.2) is 65.6 Å². The third kappa shape index (κ3) is 6.29. The lowest BCUT2D eigenvalue weighted by molar-refractivity contribution is -0.127. The molecule has 6 rings (SSSR count). The number of fused-ring (bicyclic) bond motifs is 1. The van der Waals surface area contributed by atoms with Crippen LogP contribution < -0.4 is 15.8 Å². The molecule has 0 radical (unpaired) electrons. The van der Waals surface area contributed by atoms with Crippen molar-refractivity contribution in [1.29, 1.82) is 0 Å². The minimum absolute atomic E-state index is 0.115. The van der Waals surface area contributed by atoms with Crippen LogP contribution in [0.25, 0.3) is 11.0 Å². The predicted molar refractivity (Wildman–Crippen MR) is 167 cm³/mol. The molecule has 4 aromatic rings. The maximum atomic E-state index is 13.9. The standard InChI is InChI=1S/C34H36FN5O4/c35-26-10-6-23(7-11-26)19-25-20-28-31(37-21-25)32(42)30(33(43)36-14-4-18-39-17-3-5-29(39)41)34(44)40(28)22-24-8-12-27(13-9-24)38-15-1-2-16-38/h6-13,20-21,42H,1-5,14-19,22H2,(H,36,43). The molecular formula is C34H36FN5O4. The first-order valence-electron chi connectivity index (χ1n) is 15.3. The number of aromatic hydroxyl groups is 1. The van der Waals surface area contributed by atoms with E-state index in [0.29, 0.717) is 31.3 Å². The summed E-state index contributed by atoms with van der Waals surface area (Å²) in [5.41, 5.74) is 3.22. The van der Waals surface area contributed by atoms with Gasteiger partial charge in [-0.25, -0.2) is 4.39 Å². The van der Waals surface area contributed by atoms with Gasteiger partial charge in [0.25, 0.3) is 11.5 Å². The summed E-state index contributed by atoms with van der Waals surface area (Å²) in [5.74, 6) is -1.36. The second-order valence-electron chi connectivity index (χ2n) is 11.6. The molecule has 2 aromatic carbocycles. The Balaban J connectivity index is 1.31. The summed E-state index contributed by atoms with van der Waals surface area (Å²) in [6.07, 6.45) is 6.32. The number of rotatable bonds is 10. The van der Waals surface area contributed by atoms with E-state index in [2.05, 4.69) is 15.2 Å². The topological polar surface area (TPSA) is 108 Å². The van der Waals surface area contributed by atoms with Gasteiger partial charge in [0.2, 0.25) is 5.91 Å². The third-order valence-electron chi connectivity index (χ3n) is 8.49. The van der Waals surface area contributed by atoms with E-state index in [9.17, 15) is 23.9 Å². The molecule has 228 valence electrons. The number of benzene rings is 2. The van der Waals surface area contributed by atoms with Gasteiger partial charge in [-0.3, -0.25) is 19.4 Å². The summed E-state index contributed by atoms with van der Waals surface area (Å²) in [6, 6.07) is 16.0. The molecule has 2 saturated heterocycles. The molecule has 0 spiro atoms. The number of carbonyl (C=O) groups excluding carboxylic acids is 2. The van der Waals surface area contributed by atoms with E-state index in [1.165, 1.54) is 29.5 Å². The molecule has 2 fully saturated rings.